The largest absolute Gasteiger partial charge is 0.422 e. The van der Waals surface area contributed by atoms with Crippen LogP contribution in [0.2, 0.25) is 0 Å². The molecule has 0 bridgehead atoms. The molecule has 4 heteroatoms. The summed E-state index contributed by atoms with van der Waals surface area (Å²) >= 11 is 0. The zero-order valence-corrected chi connectivity index (χ0v) is 12.6. The third kappa shape index (κ3) is 2.48. The molecule has 116 valence electrons. The minimum Gasteiger partial charge on any atom is -0.422 e. The van der Waals surface area contributed by atoms with Crippen molar-refractivity contribution in [3.8, 4) is 16.9 Å². The van der Waals surface area contributed by atoms with E-state index in [9.17, 15) is 9.18 Å². The lowest BCUT2D eigenvalue weighted by Gasteiger charge is -2.04. The standard InChI is InChI=1S/C20H12FNO2/c21-18-12-14(13-7-9-22-10-8-13)5-6-15(18)11-17-16-3-1-2-4-19(16)24-20(17)23/h1-12H/b17-11-. The number of carbonyl (C=O) groups excluding carboxylic acids is 1. The molecule has 0 unspecified atom stereocenters. The first-order chi connectivity index (χ1) is 11.7. The van der Waals surface area contributed by atoms with Crippen LogP contribution in [-0.4, -0.2) is 11.0 Å². The molecule has 0 fully saturated rings. The Balaban J connectivity index is 1.75. The number of esters is 1. The SMILES string of the molecule is O=C1Oc2ccccc2/C1=C/c1ccc(-c2ccncc2)cc1F. The highest BCUT2D eigenvalue weighted by molar-refractivity contribution is 6.25. The molecule has 2 aromatic carbocycles. The summed E-state index contributed by atoms with van der Waals surface area (Å²) in [5, 5.41) is 0. The van der Waals surface area contributed by atoms with Crippen LogP contribution in [0.25, 0.3) is 22.8 Å². The molecule has 1 aliphatic heterocycles. The molecule has 1 aromatic heterocycles. The van der Waals surface area contributed by atoms with Crippen molar-refractivity contribution >= 4 is 17.6 Å². The van der Waals surface area contributed by atoms with E-state index >= 15 is 0 Å². The van der Waals surface area contributed by atoms with Gasteiger partial charge in [0.2, 0.25) is 0 Å². The van der Waals surface area contributed by atoms with Crippen LogP contribution in [0.15, 0.2) is 67.0 Å². The van der Waals surface area contributed by atoms with Crippen LogP contribution < -0.4 is 4.74 Å². The molecular formula is C20H12FNO2. The second kappa shape index (κ2) is 5.74. The number of hydrogen-bond acceptors (Lipinski definition) is 3. The predicted octanol–water partition coefficient (Wildman–Crippen LogP) is 4.35. The van der Waals surface area contributed by atoms with Gasteiger partial charge in [-0.2, -0.15) is 0 Å². The van der Waals surface area contributed by atoms with Crippen molar-refractivity contribution in [1.82, 2.24) is 4.98 Å². The van der Waals surface area contributed by atoms with Crippen LogP contribution in [0.5, 0.6) is 5.75 Å². The van der Waals surface area contributed by atoms with Crippen molar-refractivity contribution in [2.24, 2.45) is 0 Å². The molecule has 0 N–H and O–H groups in total. The Labute approximate surface area is 138 Å². The third-order valence-corrected chi connectivity index (χ3v) is 3.91. The van der Waals surface area contributed by atoms with Crippen molar-refractivity contribution in [2.45, 2.75) is 0 Å². The molecule has 3 nitrogen and oxygen atoms in total. The zero-order chi connectivity index (χ0) is 16.5. The van der Waals surface area contributed by atoms with Gasteiger partial charge in [0.1, 0.15) is 11.6 Å². The minimum atomic E-state index is -0.464. The second-order valence-electron chi connectivity index (χ2n) is 5.42. The fourth-order valence-electron chi connectivity index (χ4n) is 2.70. The number of carbonyl (C=O) groups is 1. The Morgan fingerprint density at radius 2 is 1.75 bits per heavy atom. The maximum absolute atomic E-state index is 14.5. The molecular weight excluding hydrogens is 305 g/mol. The van der Waals surface area contributed by atoms with Gasteiger partial charge in [0.05, 0.1) is 5.57 Å². The first-order valence-electron chi connectivity index (χ1n) is 7.45. The number of para-hydroxylation sites is 1. The topological polar surface area (TPSA) is 39.2 Å². The number of fused-ring (bicyclic) bond motifs is 1. The number of benzene rings is 2. The lowest BCUT2D eigenvalue weighted by molar-refractivity contribution is -0.126. The van der Waals surface area contributed by atoms with Gasteiger partial charge in [0.25, 0.3) is 0 Å². The molecule has 0 radical (unpaired) electrons. The quantitative estimate of drug-likeness (QED) is 0.401. The van der Waals surface area contributed by atoms with E-state index in [-0.39, 0.29) is 0 Å². The van der Waals surface area contributed by atoms with E-state index in [4.69, 9.17) is 4.74 Å². The van der Waals surface area contributed by atoms with E-state index < -0.39 is 11.8 Å². The van der Waals surface area contributed by atoms with E-state index in [2.05, 4.69) is 4.98 Å². The van der Waals surface area contributed by atoms with Gasteiger partial charge in [-0.25, -0.2) is 9.18 Å². The first-order valence-corrected chi connectivity index (χ1v) is 7.45. The van der Waals surface area contributed by atoms with Crippen molar-refractivity contribution < 1.29 is 13.9 Å². The summed E-state index contributed by atoms with van der Waals surface area (Å²) in [5.74, 6) is -0.356. The molecule has 0 saturated carbocycles. The fraction of sp³-hybridized carbons (Fsp3) is 0. The van der Waals surface area contributed by atoms with E-state index in [1.54, 1.807) is 36.7 Å². The van der Waals surface area contributed by atoms with Gasteiger partial charge in [-0.15, -0.1) is 0 Å². The van der Waals surface area contributed by atoms with E-state index in [1.807, 2.05) is 24.3 Å². The van der Waals surface area contributed by atoms with Gasteiger partial charge in [-0.1, -0.05) is 30.3 Å². The summed E-state index contributed by atoms with van der Waals surface area (Å²) in [6.45, 7) is 0. The first kappa shape index (κ1) is 14.3. The minimum absolute atomic E-state index is 0.344. The second-order valence-corrected chi connectivity index (χ2v) is 5.42. The lowest BCUT2D eigenvalue weighted by atomic mass is 10.0. The summed E-state index contributed by atoms with van der Waals surface area (Å²) in [5.41, 5.74) is 3.03. The molecule has 0 aliphatic carbocycles. The maximum atomic E-state index is 14.5. The molecule has 3 aromatic rings. The Kier molecular flexibility index (Phi) is 3.43. The number of hydrogen-bond donors (Lipinski definition) is 0. The van der Waals surface area contributed by atoms with Gasteiger partial charge < -0.3 is 4.74 Å². The Morgan fingerprint density at radius 1 is 0.958 bits per heavy atom. The predicted molar refractivity (Wildman–Crippen MR) is 89.6 cm³/mol. The number of aromatic nitrogens is 1. The number of nitrogens with zero attached hydrogens (tertiary/aromatic N) is 1. The van der Waals surface area contributed by atoms with E-state index in [0.29, 0.717) is 22.4 Å². The van der Waals surface area contributed by atoms with Crippen LogP contribution in [0.3, 0.4) is 0 Å². The molecule has 0 atom stereocenters. The van der Waals surface area contributed by atoms with Crippen LogP contribution in [0, 0.1) is 5.82 Å². The number of halogens is 1. The Bertz CT molecular complexity index is 964. The Hall–Kier alpha value is -3.27. The fourth-order valence-corrected chi connectivity index (χ4v) is 2.70. The van der Waals surface area contributed by atoms with Crippen LogP contribution in [0.4, 0.5) is 4.39 Å². The summed E-state index contributed by atoms with van der Waals surface area (Å²) in [4.78, 5) is 16.0. The van der Waals surface area contributed by atoms with Gasteiger partial charge in [0.15, 0.2) is 0 Å². The Morgan fingerprint density at radius 3 is 2.54 bits per heavy atom. The number of rotatable bonds is 2. The van der Waals surface area contributed by atoms with Gasteiger partial charge in [-0.05, 0) is 41.5 Å². The molecule has 24 heavy (non-hydrogen) atoms. The normalized spacial score (nSPS) is 14.5. The van der Waals surface area contributed by atoms with E-state index in [0.717, 1.165) is 11.1 Å². The smallest absolute Gasteiger partial charge is 0.344 e. The lowest BCUT2D eigenvalue weighted by Crippen LogP contribution is -2.00. The molecule has 0 saturated heterocycles. The van der Waals surface area contributed by atoms with Crippen molar-refractivity contribution in [2.75, 3.05) is 0 Å². The van der Waals surface area contributed by atoms with Crippen LogP contribution in [-0.2, 0) is 4.79 Å². The highest BCUT2D eigenvalue weighted by Crippen LogP contribution is 2.35. The van der Waals surface area contributed by atoms with Crippen LogP contribution in [0.1, 0.15) is 11.1 Å². The highest BCUT2D eigenvalue weighted by Gasteiger charge is 2.26. The van der Waals surface area contributed by atoms with Crippen molar-refractivity contribution in [3.63, 3.8) is 0 Å². The summed E-state index contributed by atoms with van der Waals surface area (Å²) < 4.78 is 19.7. The molecule has 0 amide bonds. The molecule has 1 aliphatic rings. The van der Waals surface area contributed by atoms with Gasteiger partial charge in [-0.3, -0.25) is 4.98 Å². The van der Waals surface area contributed by atoms with Gasteiger partial charge in [0, 0.05) is 23.5 Å². The zero-order valence-electron chi connectivity index (χ0n) is 12.6. The molecule has 0 spiro atoms. The van der Waals surface area contributed by atoms with Gasteiger partial charge >= 0.3 is 5.97 Å². The van der Waals surface area contributed by atoms with Crippen LogP contribution >= 0.6 is 0 Å². The van der Waals surface area contributed by atoms with E-state index in [1.165, 1.54) is 12.1 Å². The number of pyridine rings is 1. The highest BCUT2D eigenvalue weighted by atomic mass is 19.1. The third-order valence-electron chi connectivity index (χ3n) is 3.91. The van der Waals surface area contributed by atoms with Crippen molar-refractivity contribution in [3.05, 3.63) is 83.9 Å². The molecule has 2 heterocycles. The monoisotopic (exact) mass is 317 g/mol. The average Bonchev–Trinajstić information content (AvgIpc) is 2.93. The summed E-state index contributed by atoms with van der Waals surface area (Å²) in [7, 11) is 0. The summed E-state index contributed by atoms with van der Waals surface area (Å²) in [6, 6.07) is 15.7. The average molecular weight is 317 g/mol. The maximum Gasteiger partial charge on any atom is 0.344 e. The number of ether oxygens (including phenoxy) is 1. The molecule has 4 rings (SSSR count). The summed E-state index contributed by atoms with van der Waals surface area (Å²) in [6.07, 6.45) is 4.85. The van der Waals surface area contributed by atoms with Crippen molar-refractivity contribution in [1.29, 1.82) is 0 Å².